The fourth-order valence-electron chi connectivity index (χ4n) is 1.59. The molecule has 2 rings (SSSR count). The van der Waals surface area contributed by atoms with Crippen LogP contribution in [0.2, 0.25) is 0 Å². The predicted molar refractivity (Wildman–Crippen MR) is 77.6 cm³/mol. The van der Waals surface area contributed by atoms with Crippen molar-refractivity contribution in [2.45, 2.75) is 6.92 Å². The third kappa shape index (κ3) is 3.12. The third-order valence-corrected chi connectivity index (χ3v) is 3.57. The average Bonchev–Trinajstić information content (AvgIpc) is 2.37. The minimum atomic E-state index is -0.598. The summed E-state index contributed by atoms with van der Waals surface area (Å²) in [6.07, 6.45) is 0. The van der Waals surface area contributed by atoms with Crippen LogP contribution in [0.4, 0.5) is 15.8 Å². The number of carbonyl (C=O) groups is 1. The Labute approximate surface area is 118 Å². The quantitative estimate of drug-likeness (QED) is 0.828. The lowest BCUT2D eigenvalue weighted by molar-refractivity contribution is 0.102. The molecule has 3 nitrogen and oxygen atoms in total. The van der Waals surface area contributed by atoms with Crippen molar-refractivity contribution in [3.63, 3.8) is 0 Å². The highest BCUT2D eigenvalue weighted by molar-refractivity contribution is 9.10. The number of nitrogens with one attached hydrogen (secondary N) is 1. The zero-order valence-corrected chi connectivity index (χ0v) is 11.8. The molecule has 0 unspecified atom stereocenters. The van der Waals surface area contributed by atoms with Gasteiger partial charge in [0.15, 0.2) is 0 Å². The van der Waals surface area contributed by atoms with Gasteiger partial charge in [0.05, 0.1) is 5.69 Å². The van der Waals surface area contributed by atoms with Gasteiger partial charge in [0.2, 0.25) is 0 Å². The number of hydrogen-bond donors (Lipinski definition) is 2. The maximum absolute atomic E-state index is 13.3. The van der Waals surface area contributed by atoms with E-state index in [1.807, 2.05) is 19.1 Å². The molecule has 0 fully saturated rings. The van der Waals surface area contributed by atoms with Crippen LogP contribution in [0.15, 0.2) is 40.9 Å². The Morgan fingerprint density at radius 3 is 2.63 bits per heavy atom. The second-order valence-electron chi connectivity index (χ2n) is 4.15. The van der Waals surface area contributed by atoms with Crippen LogP contribution in [-0.2, 0) is 0 Å². The van der Waals surface area contributed by atoms with Crippen LogP contribution >= 0.6 is 15.9 Å². The number of anilines is 2. The number of aryl methyl sites for hydroxylation is 1. The lowest BCUT2D eigenvalue weighted by Crippen LogP contribution is -2.12. The molecular formula is C14H12BrFN2O. The molecule has 1 amide bonds. The summed E-state index contributed by atoms with van der Waals surface area (Å²) in [7, 11) is 0. The first-order valence-corrected chi connectivity index (χ1v) is 6.39. The molecular weight excluding hydrogens is 311 g/mol. The van der Waals surface area contributed by atoms with Crippen LogP contribution in [0.5, 0.6) is 0 Å². The summed E-state index contributed by atoms with van der Waals surface area (Å²) in [5.74, 6) is -0.972. The van der Waals surface area contributed by atoms with E-state index in [4.69, 9.17) is 5.73 Å². The second-order valence-corrected chi connectivity index (χ2v) is 5.01. The summed E-state index contributed by atoms with van der Waals surface area (Å²) in [5.41, 5.74) is 7.28. The Morgan fingerprint density at radius 2 is 2.00 bits per heavy atom. The van der Waals surface area contributed by atoms with E-state index in [2.05, 4.69) is 21.2 Å². The van der Waals surface area contributed by atoms with Crippen LogP contribution in [0.3, 0.4) is 0 Å². The fraction of sp³-hybridized carbons (Fsp3) is 0.0714. The van der Waals surface area contributed by atoms with Crippen LogP contribution in [0, 0.1) is 12.7 Å². The summed E-state index contributed by atoms with van der Waals surface area (Å²) < 4.78 is 14.2. The van der Waals surface area contributed by atoms with Gasteiger partial charge in [-0.15, -0.1) is 0 Å². The van der Waals surface area contributed by atoms with E-state index in [9.17, 15) is 9.18 Å². The minimum Gasteiger partial charge on any atom is -0.396 e. The number of rotatable bonds is 2. The van der Waals surface area contributed by atoms with Gasteiger partial charge in [-0.25, -0.2) is 4.39 Å². The van der Waals surface area contributed by atoms with E-state index in [-0.39, 0.29) is 17.2 Å². The number of nitrogen functional groups attached to an aromatic ring is 1. The number of carbonyl (C=O) groups excluding carboxylic acids is 1. The van der Waals surface area contributed by atoms with Crippen molar-refractivity contribution >= 4 is 33.2 Å². The lowest BCUT2D eigenvalue weighted by atomic mass is 10.1. The molecule has 5 heteroatoms. The molecule has 2 aromatic carbocycles. The molecule has 0 saturated heterocycles. The molecule has 0 radical (unpaired) electrons. The van der Waals surface area contributed by atoms with E-state index >= 15 is 0 Å². The van der Waals surface area contributed by atoms with Crippen LogP contribution in [0.25, 0.3) is 0 Å². The summed E-state index contributed by atoms with van der Waals surface area (Å²) in [6.45, 7) is 1.92. The Bertz CT molecular complexity index is 643. The largest absolute Gasteiger partial charge is 0.396 e. The van der Waals surface area contributed by atoms with Crippen molar-refractivity contribution < 1.29 is 9.18 Å². The van der Waals surface area contributed by atoms with Crippen molar-refractivity contribution in [3.8, 4) is 0 Å². The van der Waals surface area contributed by atoms with E-state index in [1.54, 1.807) is 6.07 Å². The summed E-state index contributed by atoms with van der Waals surface area (Å²) in [5, 5.41) is 2.71. The number of hydrogen-bond acceptors (Lipinski definition) is 2. The molecule has 0 spiro atoms. The Hall–Kier alpha value is -1.88. The van der Waals surface area contributed by atoms with Crippen molar-refractivity contribution in [1.29, 1.82) is 0 Å². The molecule has 19 heavy (non-hydrogen) atoms. The van der Waals surface area contributed by atoms with Gasteiger partial charge >= 0.3 is 0 Å². The highest BCUT2D eigenvalue weighted by Gasteiger charge is 2.09. The molecule has 0 aliphatic rings. The standard InChI is InChI=1S/C14H12BrFN2O/c1-8-6-10(3-4-11(8)15)18-14(19)9-2-5-13(17)12(16)7-9/h2-7H,17H2,1H3,(H,18,19). The number of amides is 1. The molecule has 98 valence electrons. The van der Waals surface area contributed by atoms with Crippen molar-refractivity contribution in [2.24, 2.45) is 0 Å². The smallest absolute Gasteiger partial charge is 0.255 e. The van der Waals surface area contributed by atoms with Crippen LogP contribution < -0.4 is 11.1 Å². The highest BCUT2D eigenvalue weighted by Crippen LogP contribution is 2.21. The highest BCUT2D eigenvalue weighted by atomic mass is 79.9. The predicted octanol–water partition coefficient (Wildman–Crippen LogP) is 3.73. The Morgan fingerprint density at radius 1 is 1.26 bits per heavy atom. The molecule has 2 aromatic rings. The number of halogens is 2. The maximum atomic E-state index is 13.3. The molecule has 3 N–H and O–H groups in total. The second kappa shape index (κ2) is 5.40. The van der Waals surface area contributed by atoms with E-state index in [0.29, 0.717) is 5.69 Å². The van der Waals surface area contributed by atoms with Crippen molar-refractivity contribution in [2.75, 3.05) is 11.1 Å². The Kier molecular flexibility index (Phi) is 3.85. The van der Waals surface area contributed by atoms with Crippen molar-refractivity contribution in [3.05, 3.63) is 57.8 Å². The van der Waals surface area contributed by atoms with Gasteiger partial charge in [0, 0.05) is 15.7 Å². The molecule has 0 aromatic heterocycles. The third-order valence-electron chi connectivity index (χ3n) is 2.68. The molecule has 0 atom stereocenters. The number of nitrogens with two attached hydrogens (primary N) is 1. The van der Waals surface area contributed by atoms with Gasteiger partial charge in [-0.3, -0.25) is 4.79 Å². The zero-order chi connectivity index (χ0) is 14.0. The number of benzene rings is 2. The van der Waals surface area contributed by atoms with E-state index < -0.39 is 5.82 Å². The normalized spacial score (nSPS) is 10.3. The lowest BCUT2D eigenvalue weighted by Gasteiger charge is -2.07. The summed E-state index contributed by atoms with van der Waals surface area (Å²) >= 11 is 3.38. The Balaban J connectivity index is 2.20. The zero-order valence-electron chi connectivity index (χ0n) is 10.2. The van der Waals surface area contributed by atoms with E-state index in [0.717, 1.165) is 16.1 Å². The van der Waals surface area contributed by atoms with Crippen molar-refractivity contribution in [1.82, 2.24) is 0 Å². The van der Waals surface area contributed by atoms with Crippen LogP contribution in [0.1, 0.15) is 15.9 Å². The first-order chi connectivity index (χ1) is 8.97. The minimum absolute atomic E-state index is 0.0241. The molecule has 0 bridgehead atoms. The van der Waals surface area contributed by atoms with E-state index in [1.165, 1.54) is 12.1 Å². The monoisotopic (exact) mass is 322 g/mol. The van der Waals surface area contributed by atoms with Gasteiger partial charge in [-0.1, -0.05) is 15.9 Å². The average molecular weight is 323 g/mol. The molecule has 0 heterocycles. The SMILES string of the molecule is Cc1cc(NC(=O)c2ccc(N)c(F)c2)ccc1Br. The topological polar surface area (TPSA) is 55.1 Å². The molecule has 0 aliphatic heterocycles. The van der Waals surface area contributed by atoms with Gasteiger partial charge < -0.3 is 11.1 Å². The fourth-order valence-corrected chi connectivity index (χ4v) is 1.84. The summed E-state index contributed by atoms with van der Waals surface area (Å²) in [4.78, 5) is 11.9. The molecule has 0 saturated carbocycles. The molecule has 0 aliphatic carbocycles. The van der Waals surface area contributed by atoms with Gasteiger partial charge in [-0.05, 0) is 48.9 Å². The maximum Gasteiger partial charge on any atom is 0.255 e. The first-order valence-electron chi connectivity index (χ1n) is 5.60. The van der Waals surface area contributed by atoms with Gasteiger partial charge in [0.25, 0.3) is 5.91 Å². The first kappa shape index (κ1) is 13.5. The van der Waals surface area contributed by atoms with Gasteiger partial charge in [-0.2, -0.15) is 0 Å². The van der Waals surface area contributed by atoms with Crippen LogP contribution in [-0.4, -0.2) is 5.91 Å². The van der Waals surface area contributed by atoms with Gasteiger partial charge in [0.1, 0.15) is 5.82 Å². The summed E-state index contributed by atoms with van der Waals surface area (Å²) in [6, 6.07) is 9.42.